The van der Waals surface area contributed by atoms with Gasteiger partial charge in [-0.3, -0.25) is 0 Å². The molecule has 8 heteroatoms. The van der Waals surface area contributed by atoms with Crippen LogP contribution >= 0.6 is 39.1 Å². The molecule has 1 aromatic carbocycles. The molecule has 1 rings (SSSR count). The van der Waals surface area contributed by atoms with Gasteiger partial charge in [0.1, 0.15) is 4.90 Å². The van der Waals surface area contributed by atoms with Gasteiger partial charge >= 0.3 is 0 Å². The Labute approximate surface area is 145 Å². The Hall–Kier alpha value is 0.150. The molecule has 1 aromatic rings. The number of halogens is 3. The number of hydrogen-bond donors (Lipinski definition) is 1. The van der Waals surface area contributed by atoms with Gasteiger partial charge in [0.25, 0.3) is 0 Å². The van der Waals surface area contributed by atoms with Crippen molar-refractivity contribution in [2.75, 3.05) is 26.2 Å². The number of hydrogen-bond acceptors (Lipinski definition) is 3. The van der Waals surface area contributed by atoms with Crippen LogP contribution in [0.1, 0.15) is 20.3 Å². The van der Waals surface area contributed by atoms with E-state index < -0.39 is 10.0 Å². The molecule has 0 atom stereocenters. The summed E-state index contributed by atoms with van der Waals surface area (Å²) in [4.78, 5) is 2.10. The zero-order valence-electron chi connectivity index (χ0n) is 12.0. The largest absolute Gasteiger partial charge is 0.302 e. The van der Waals surface area contributed by atoms with Crippen LogP contribution in [0, 0.1) is 0 Å². The number of rotatable bonds is 8. The smallest absolute Gasteiger partial charge is 0.243 e. The Kier molecular flexibility index (Phi) is 7.95. The molecule has 0 aliphatic heterocycles. The number of benzene rings is 1. The topological polar surface area (TPSA) is 49.4 Å². The van der Waals surface area contributed by atoms with Crippen LogP contribution in [0.2, 0.25) is 10.0 Å². The minimum absolute atomic E-state index is 0.0763. The van der Waals surface area contributed by atoms with Gasteiger partial charge < -0.3 is 4.90 Å². The third-order valence-electron chi connectivity index (χ3n) is 2.94. The second kappa shape index (κ2) is 8.70. The van der Waals surface area contributed by atoms with Gasteiger partial charge in [-0.15, -0.1) is 0 Å². The van der Waals surface area contributed by atoms with E-state index in [1.54, 1.807) is 0 Å². The van der Waals surface area contributed by atoms with E-state index in [0.717, 1.165) is 19.5 Å². The lowest BCUT2D eigenvalue weighted by atomic mass is 10.4. The van der Waals surface area contributed by atoms with Crippen molar-refractivity contribution in [2.24, 2.45) is 0 Å². The summed E-state index contributed by atoms with van der Waals surface area (Å²) >= 11 is 15.2. The van der Waals surface area contributed by atoms with Crippen LogP contribution in [0.15, 0.2) is 21.5 Å². The van der Waals surface area contributed by atoms with Crippen LogP contribution in [0.25, 0.3) is 0 Å². The van der Waals surface area contributed by atoms with Gasteiger partial charge in [0.15, 0.2) is 0 Å². The van der Waals surface area contributed by atoms with Gasteiger partial charge in [-0.1, -0.05) is 53.0 Å². The fourth-order valence-electron chi connectivity index (χ4n) is 1.94. The highest BCUT2D eigenvalue weighted by atomic mass is 79.9. The summed E-state index contributed by atoms with van der Waals surface area (Å²) in [5.41, 5.74) is 0. The van der Waals surface area contributed by atoms with Crippen molar-refractivity contribution in [3.63, 3.8) is 0 Å². The molecule has 0 aromatic heterocycles. The first-order valence-corrected chi connectivity index (χ1v) is 9.71. The van der Waals surface area contributed by atoms with Gasteiger partial charge in [0, 0.05) is 17.6 Å². The third-order valence-corrected chi connectivity index (χ3v) is 5.78. The van der Waals surface area contributed by atoms with E-state index in [1.807, 2.05) is 6.92 Å². The predicted octanol–water partition coefficient (Wildman–Crippen LogP) is 3.77. The maximum atomic E-state index is 12.3. The molecular formula is C13H19BrCl2N2O2S. The molecule has 0 unspecified atom stereocenters. The van der Waals surface area contributed by atoms with Crippen molar-refractivity contribution in [1.82, 2.24) is 9.62 Å². The summed E-state index contributed by atoms with van der Waals surface area (Å²) in [5.74, 6) is 0. The van der Waals surface area contributed by atoms with Crippen molar-refractivity contribution >= 4 is 49.2 Å². The average Bonchev–Trinajstić information content (AvgIpc) is 2.35. The Bertz CT molecular complexity index is 559. The van der Waals surface area contributed by atoms with Crippen molar-refractivity contribution in [3.05, 3.63) is 26.7 Å². The first-order chi connectivity index (χ1) is 9.81. The molecule has 21 heavy (non-hydrogen) atoms. The minimum atomic E-state index is -3.72. The van der Waals surface area contributed by atoms with E-state index in [0.29, 0.717) is 17.6 Å². The molecule has 0 heterocycles. The van der Waals surface area contributed by atoms with Gasteiger partial charge in [-0.05, 0) is 31.6 Å². The summed E-state index contributed by atoms with van der Waals surface area (Å²) in [6, 6.07) is 3.02. The highest BCUT2D eigenvalue weighted by Crippen LogP contribution is 2.32. The monoisotopic (exact) mass is 416 g/mol. The maximum absolute atomic E-state index is 12.3. The highest BCUT2D eigenvalue weighted by molar-refractivity contribution is 9.10. The standard InChI is InChI=1S/C13H19BrCl2N2O2S/c1-3-6-18(4-2)7-5-17-21(19,20)13-11(15)8-10(14)9-12(13)16/h8-9,17H,3-7H2,1-2H3. The molecule has 0 aliphatic carbocycles. The SMILES string of the molecule is CCCN(CC)CCNS(=O)(=O)c1c(Cl)cc(Br)cc1Cl. The van der Waals surface area contributed by atoms with E-state index in [2.05, 4.69) is 32.5 Å². The zero-order chi connectivity index (χ0) is 16.0. The molecule has 4 nitrogen and oxygen atoms in total. The molecule has 0 amide bonds. The van der Waals surface area contributed by atoms with Crippen molar-refractivity contribution in [1.29, 1.82) is 0 Å². The molecule has 0 bridgehead atoms. The van der Waals surface area contributed by atoms with Crippen molar-refractivity contribution in [3.8, 4) is 0 Å². The van der Waals surface area contributed by atoms with Gasteiger partial charge in [-0.2, -0.15) is 0 Å². The van der Waals surface area contributed by atoms with Crippen LogP contribution in [-0.4, -0.2) is 39.5 Å². The van der Waals surface area contributed by atoms with Crippen LogP contribution in [0.3, 0.4) is 0 Å². The number of nitrogens with one attached hydrogen (secondary N) is 1. The number of sulfonamides is 1. The van der Waals surface area contributed by atoms with E-state index in [4.69, 9.17) is 23.2 Å². The van der Waals surface area contributed by atoms with Crippen LogP contribution in [-0.2, 0) is 10.0 Å². The summed E-state index contributed by atoms with van der Waals surface area (Å²) < 4.78 is 27.8. The quantitative estimate of drug-likeness (QED) is 0.700. The Morgan fingerprint density at radius 3 is 2.24 bits per heavy atom. The van der Waals surface area contributed by atoms with Gasteiger partial charge in [0.2, 0.25) is 10.0 Å². The van der Waals surface area contributed by atoms with Crippen molar-refractivity contribution in [2.45, 2.75) is 25.2 Å². The van der Waals surface area contributed by atoms with Crippen LogP contribution < -0.4 is 4.72 Å². The first kappa shape index (κ1) is 19.2. The summed E-state index contributed by atoms with van der Waals surface area (Å²) in [7, 11) is -3.72. The van der Waals surface area contributed by atoms with E-state index in [9.17, 15) is 8.42 Å². The Morgan fingerprint density at radius 1 is 1.19 bits per heavy atom. The lowest BCUT2D eigenvalue weighted by Gasteiger charge is -2.19. The molecule has 0 saturated heterocycles. The molecule has 1 N–H and O–H groups in total. The lowest BCUT2D eigenvalue weighted by Crippen LogP contribution is -2.35. The second-order valence-electron chi connectivity index (χ2n) is 4.53. The van der Waals surface area contributed by atoms with E-state index >= 15 is 0 Å². The van der Waals surface area contributed by atoms with E-state index in [-0.39, 0.29) is 14.9 Å². The first-order valence-electron chi connectivity index (χ1n) is 6.68. The predicted molar refractivity (Wildman–Crippen MR) is 91.8 cm³/mol. The average molecular weight is 418 g/mol. The molecule has 0 fully saturated rings. The molecule has 0 spiro atoms. The molecule has 0 aliphatic rings. The van der Waals surface area contributed by atoms with Crippen LogP contribution in [0.5, 0.6) is 0 Å². The lowest BCUT2D eigenvalue weighted by molar-refractivity contribution is 0.293. The Morgan fingerprint density at radius 2 is 1.76 bits per heavy atom. The number of nitrogens with zero attached hydrogens (tertiary/aromatic N) is 1. The summed E-state index contributed by atoms with van der Waals surface area (Å²) in [6.07, 6.45) is 1.03. The second-order valence-corrected chi connectivity index (χ2v) is 7.96. The number of likely N-dealkylation sites (N-methyl/N-ethyl adjacent to an activating group) is 1. The van der Waals surface area contributed by atoms with E-state index in [1.165, 1.54) is 12.1 Å². The third kappa shape index (κ3) is 5.69. The van der Waals surface area contributed by atoms with Gasteiger partial charge in [0.05, 0.1) is 10.0 Å². The fraction of sp³-hybridized carbons (Fsp3) is 0.538. The Balaban J connectivity index is 2.79. The molecule has 0 saturated carbocycles. The summed E-state index contributed by atoms with van der Waals surface area (Å²) in [5, 5.41) is 0.200. The highest BCUT2D eigenvalue weighted by Gasteiger charge is 2.22. The minimum Gasteiger partial charge on any atom is -0.302 e. The molecule has 0 radical (unpaired) electrons. The zero-order valence-corrected chi connectivity index (χ0v) is 15.9. The van der Waals surface area contributed by atoms with Crippen molar-refractivity contribution < 1.29 is 8.42 Å². The molecular weight excluding hydrogens is 399 g/mol. The van der Waals surface area contributed by atoms with Crippen LogP contribution in [0.4, 0.5) is 0 Å². The fourth-order valence-corrected chi connectivity index (χ4v) is 4.89. The summed E-state index contributed by atoms with van der Waals surface area (Å²) in [6.45, 7) is 6.93. The maximum Gasteiger partial charge on any atom is 0.243 e. The normalized spacial score (nSPS) is 12.1. The van der Waals surface area contributed by atoms with Gasteiger partial charge in [-0.25, -0.2) is 13.1 Å². The molecule has 120 valence electrons.